The molecule has 7 N–H and O–H groups in total. The third-order valence-corrected chi connectivity index (χ3v) is 9.43. The largest absolute Gasteiger partial charge is 0.505 e. The highest BCUT2D eigenvalue weighted by Crippen LogP contribution is 2.45. The molecule has 0 amide bonds. The number of nitrogens with two attached hydrogens (primary N) is 1. The number of ether oxygens (including phenoxy) is 1. The van der Waals surface area contributed by atoms with E-state index in [1.165, 1.54) is 30.3 Å². The molecule has 4 aromatic carbocycles. The number of phenolic OH excluding ortho intramolecular Hbond substituents is 1. The summed E-state index contributed by atoms with van der Waals surface area (Å²) >= 11 is -2.11. The number of benzene rings is 4. The first-order valence-electron chi connectivity index (χ1n) is 12.6. The maximum atomic E-state index is 12.3. The maximum Gasteiger partial charge on any atom is 0.297 e. The van der Waals surface area contributed by atoms with E-state index in [1.54, 1.807) is 0 Å². The van der Waals surface area contributed by atoms with Crippen molar-refractivity contribution in [2.45, 2.75) is 21.1 Å². The molecule has 0 spiro atoms. The van der Waals surface area contributed by atoms with Crippen molar-refractivity contribution in [1.82, 2.24) is 0 Å². The van der Waals surface area contributed by atoms with Gasteiger partial charge in [0, 0.05) is 16.8 Å². The summed E-state index contributed by atoms with van der Waals surface area (Å²) in [7, 11) is -14.7. The molecule has 0 fully saturated rings. The second-order valence-electron chi connectivity index (χ2n) is 9.35. The van der Waals surface area contributed by atoms with E-state index in [0.29, 0.717) is 6.07 Å². The number of phenols is 1. The zero-order chi connectivity index (χ0) is 34.7. The molecular weight excluding hydrogens is 707 g/mol. The molecule has 22 heteroatoms. The average Bonchev–Trinajstić information content (AvgIpc) is 2.96. The number of rotatable bonds is 12. The van der Waals surface area contributed by atoms with Crippen LogP contribution in [-0.2, 0) is 41.4 Å². The lowest BCUT2D eigenvalue weighted by Gasteiger charge is -2.13. The molecule has 0 aliphatic carbocycles. The van der Waals surface area contributed by atoms with Crippen molar-refractivity contribution >= 4 is 80.6 Å². The molecule has 0 saturated heterocycles. The smallest absolute Gasteiger partial charge is 0.297 e. The van der Waals surface area contributed by atoms with Gasteiger partial charge in [-0.15, -0.1) is 10.2 Å². The van der Waals surface area contributed by atoms with E-state index in [-0.39, 0.29) is 51.9 Å². The fourth-order valence-corrected chi connectivity index (χ4v) is 6.33. The zero-order valence-corrected chi connectivity index (χ0v) is 26.7. The number of anilines is 1. The van der Waals surface area contributed by atoms with E-state index in [2.05, 4.69) is 20.5 Å². The van der Waals surface area contributed by atoms with Gasteiger partial charge in [0.15, 0.2) is 16.8 Å². The van der Waals surface area contributed by atoms with Crippen LogP contribution in [-0.4, -0.2) is 65.1 Å². The topological polar surface area (TPSA) is 305 Å². The average molecular weight is 730 g/mol. The van der Waals surface area contributed by atoms with Crippen LogP contribution >= 0.6 is 0 Å². The number of fused-ring (bicyclic) bond motifs is 1. The van der Waals surface area contributed by atoms with E-state index < -0.39 is 73.7 Å². The molecule has 1 atom stereocenters. The zero-order valence-electron chi connectivity index (χ0n) is 23.4. The molecule has 1 unspecified atom stereocenters. The van der Waals surface area contributed by atoms with Gasteiger partial charge in [0.2, 0.25) is 0 Å². The minimum absolute atomic E-state index is 0.0502. The van der Waals surface area contributed by atoms with Gasteiger partial charge in [-0.25, -0.2) is 4.21 Å². The Morgan fingerprint density at radius 2 is 1.38 bits per heavy atom. The molecule has 250 valence electrons. The van der Waals surface area contributed by atoms with Gasteiger partial charge in [0.05, 0.1) is 34.3 Å². The molecule has 4 aromatic rings. The number of hydrogen-bond acceptors (Lipinski definition) is 14. The SMILES string of the molecule is Nc1ccc2c(O)c(N=Nc3ccc(N=Nc4ccc(S(=O)(=O)O)cc4)cc3OCCCS(=O)O)c(S(=O)(=O)O)cc2c1S(=O)(=O)O. The maximum absolute atomic E-state index is 12.3. The Labute approximate surface area is 269 Å². The van der Waals surface area contributed by atoms with Gasteiger partial charge in [0.25, 0.3) is 30.4 Å². The number of aromatic hydroxyl groups is 1. The molecule has 0 aromatic heterocycles. The van der Waals surface area contributed by atoms with Crippen molar-refractivity contribution in [2.24, 2.45) is 20.5 Å². The summed E-state index contributed by atoms with van der Waals surface area (Å²) in [5, 5.41) is 25.7. The Bertz CT molecular complexity index is 2280. The third-order valence-electron chi connectivity index (χ3n) is 6.09. The minimum atomic E-state index is -5.20. The Morgan fingerprint density at radius 1 is 0.745 bits per heavy atom. The van der Waals surface area contributed by atoms with E-state index >= 15 is 0 Å². The second-order valence-corrected chi connectivity index (χ2v) is 14.6. The molecular formula is C25H23N5O13S4. The van der Waals surface area contributed by atoms with Gasteiger partial charge in [0.1, 0.15) is 26.9 Å². The number of hydrogen-bond donors (Lipinski definition) is 6. The summed E-state index contributed by atoms with van der Waals surface area (Å²) in [5.74, 6) is -1.12. The van der Waals surface area contributed by atoms with Crippen LogP contribution in [0.2, 0.25) is 0 Å². The van der Waals surface area contributed by atoms with Crippen LogP contribution < -0.4 is 10.5 Å². The lowest BCUT2D eigenvalue weighted by molar-refractivity contribution is 0.318. The molecule has 0 bridgehead atoms. The van der Waals surface area contributed by atoms with Crippen LogP contribution in [0, 0.1) is 0 Å². The first-order chi connectivity index (χ1) is 21.9. The predicted molar refractivity (Wildman–Crippen MR) is 166 cm³/mol. The molecule has 0 aliphatic heterocycles. The van der Waals surface area contributed by atoms with Crippen molar-refractivity contribution in [3.05, 3.63) is 60.7 Å². The Morgan fingerprint density at radius 3 is 1.98 bits per heavy atom. The van der Waals surface area contributed by atoms with E-state index in [1.807, 2.05) is 0 Å². The van der Waals surface area contributed by atoms with Crippen molar-refractivity contribution in [3.8, 4) is 11.5 Å². The van der Waals surface area contributed by atoms with E-state index in [9.17, 15) is 43.7 Å². The molecule has 4 rings (SSSR count). The summed E-state index contributed by atoms with van der Waals surface area (Å²) in [6.45, 7) is -0.107. The van der Waals surface area contributed by atoms with E-state index in [4.69, 9.17) is 19.6 Å². The predicted octanol–water partition coefficient (Wildman–Crippen LogP) is 4.69. The highest BCUT2D eigenvalue weighted by atomic mass is 32.2. The lowest BCUT2D eigenvalue weighted by atomic mass is 10.1. The van der Waals surface area contributed by atoms with Gasteiger partial charge in [-0.1, -0.05) is 0 Å². The van der Waals surface area contributed by atoms with Crippen LogP contribution in [0.1, 0.15) is 6.42 Å². The molecule has 0 saturated carbocycles. The molecule has 0 radical (unpaired) electrons. The van der Waals surface area contributed by atoms with Crippen molar-refractivity contribution in [2.75, 3.05) is 18.1 Å². The van der Waals surface area contributed by atoms with Crippen LogP contribution in [0.4, 0.5) is 28.4 Å². The first-order valence-corrected chi connectivity index (χ1v) is 18.2. The van der Waals surface area contributed by atoms with Crippen molar-refractivity contribution in [3.63, 3.8) is 0 Å². The van der Waals surface area contributed by atoms with Gasteiger partial charge >= 0.3 is 0 Å². The highest BCUT2D eigenvalue weighted by molar-refractivity contribution is 7.86. The van der Waals surface area contributed by atoms with Crippen LogP contribution in [0.15, 0.2) is 95.8 Å². The third kappa shape index (κ3) is 8.69. The standard InChI is InChI=1S/C25H23N5O13S4/c26-19-8-7-17-18(25(19)47(40,41)42)13-22(46(37,38)39)23(24(17)31)30-29-20-9-4-15(12-21(20)43-10-1-11-44(32)33)28-27-14-2-5-16(6-3-14)45(34,35)36/h2-9,12-13,31H,1,10-11,26H2,(H,32,33)(H,34,35,36)(H,37,38,39)(H,40,41,42). The van der Waals surface area contributed by atoms with Gasteiger partial charge in [-0.3, -0.25) is 13.7 Å². The quantitative estimate of drug-likeness (QED) is 0.0379. The summed E-state index contributed by atoms with van der Waals surface area (Å²) in [6, 6.07) is 11.5. The fraction of sp³-hybridized carbons (Fsp3) is 0.120. The molecule has 18 nitrogen and oxygen atoms in total. The highest BCUT2D eigenvalue weighted by Gasteiger charge is 2.27. The van der Waals surface area contributed by atoms with Crippen LogP contribution in [0.3, 0.4) is 0 Å². The number of nitrogens with zero attached hydrogens (tertiary/aromatic N) is 4. The minimum Gasteiger partial charge on any atom is -0.505 e. The molecule has 0 aliphatic rings. The van der Waals surface area contributed by atoms with Gasteiger partial charge in [-0.05, 0) is 61.0 Å². The second kappa shape index (κ2) is 13.7. The summed E-state index contributed by atoms with van der Waals surface area (Å²) in [4.78, 5) is -2.36. The Kier molecular flexibility index (Phi) is 10.4. The Hall–Kier alpha value is -4.42. The van der Waals surface area contributed by atoms with Crippen molar-refractivity contribution < 1.29 is 57.5 Å². The molecule has 0 heterocycles. The van der Waals surface area contributed by atoms with Gasteiger partial charge < -0.3 is 20.1 Å². The number of azo groups is 2. The van der Waals surface area contributed by atoms with Crippen molar-refractivity contribution in [1.29, 1.82) is 0 Å². The van der Waals surface area contributed by atoms with Gasteiger partial charge in [-0.2, -0.15) is 35.5 Å². The van der Waals surface area contributed by atoms with Crippen LogP contribution in [0.25, 0.3) is 10.8 Å². The lowest BCUT2D eigenvalue weighted by Crippen LogP contribution is -2.06. The Balaban J connectivity index is 1.79. The first kappa shape index (κ1) is 35.4. The summed E-state index contributed by atoms with van der Waals surface area (Å²) in [6.07, 6.45) is 0.114. The monoisotopic (exact) mass is 729 g/mol. The van der Waals surface area contributed by atoms with E-state index in [0.717, 1.165) is 24.3 Å². The molecule has 47 heavy (non-hydrogen) atoms. The van der Waals surface area contributed by atoms with Crippen LogP contribution in [0.5, 0.6) is 11.5 Å². The summed E-state index contributed by atoms with van der Waals surface area (Å²) < 4.78 is 125. The normalized spacial score (nSPS) is 13.4. The summed E-state index contributed by atoms with van der Waals surface area (Å²) in [5.41, 5.74) is 4.64. The number of nitrogen functional groups attached to an aromatic ring is 1. The fourth-order valence-electron chi connectivity index (χ4n) is 4.02.